The first-order chi connectivity index (χ1) is 5.77. The third kappa shape index (κ3) is 2.30. The maximum atomic E-state index is 11.1. The highest BCUT2D eigenvalue weighted by atomic mass is 32.2. The number of nitrogens with zero attached hydrogens (tertiary/aromatic N) is 1. The van der Waals surface area contributed by atoms with Crippen LogP contribution in [0.2, 0.25) is 0 Å². The normalized spacial score (nSPS) is 22.8. The van der Waals surface area contributed by atoms with E-state index in [0.29, 0.717) is 5.25 Å². The number of hydrogen-bond acceptors (Lipinski definition) is 3. The molecule has 3 nitrogen and oxygen atoms in total. The van der Waals surface area contributed by atoms with Crippen LogP contribution in [0.5, 0.6) is 0 Å². The number of carbonyl (C=O) groups excluding carboxylic acids is 1. The van der Waals surface area contributed by atoms with Gasteiger partial charge >= 0.3 is 6.09 Å². The van der Waals surface area contributed by atoms with Crippen molar-refractivity contribution in [2.24, 2.45) is 0 Å². The summed E-state index contributed by atoms with van der Waals surface area (Å²) < 4.78 is 4.64. The van der Waals surface area contributed by atoms with Crippen molar-refractivity contribution >= 4 is 17.9 Å². The second-order valence-electron chi connectivity index (χ2n) is 2.78. The SMILES string of the molecule is CCSC1CCN(C(=O)OC)C1. The average molecular weight is 189 g/mol. The van der Waals surface area contributed by atoms with Gasteiger partial charge in [-0.15, -0.1) is 0 Å². The van der Waals surface area contributed by atoms with Crippen LogP contribution in [-0.2, 0) is 4.74 Å². The van der Waals surface area contributed by atoms with Gasteiger partial charge in [0.05, 0.1) is 7.11 Å². The van der Waals surface area contributed by atoms with E-state index in [4.69, 9.17) is 0 Å². The summed E-state index contributed by atoms with van der Waals surface area (Å²) in [5.41, 5.74) is 0. The summed E-state index contributed by atoms with van der Waals surface area (Å²) >= 11 is 1.92. The lowest BCUT2D eigenvalue weighted by Crippen LogP contribution is -2.28. The van der Waals surface area contributed by atoms with Gasteiger partial charge in [0.25, 0.3) is 0 Å². The molecule has 1 saturated heterocycles. The Morgan fingerprint density at radius 3 is 3.08 bits per heavy atom. The molecule has 70 valence electrons. The van der Waals surface area contributed by atoms with Crippen molar-refractivity contribution in [3.05, 3.63) is 0 Å². The zero-order chi connectivity index (χ0) is 8.97. The first-order valence-electron chi connectivity index (χ1n) is 4.22. The van der Waals surface area contributed by atoms with Gasteiger partial charge in [0.2, 0.25) is 0 Å². The molecule has 0 bridgehead atoms. The molecule has 1 atom stereocenters. The first kappa shape index (κ1) is 9.71. The zero-order valence-corrected chi connectivity index (χ0v) is 8.39. The number of thioether (sulfide) groups is 1. The van der Waals surface area contributed by atoms with E-state index in [9.17, 15) is 4.79 Å². The fourth-order valence-electron chi connectivity index (χ4n) is 1.39. The van der Waals surface area contributed by atoms with E-state index in [1.54, 1.807) is 4.90 Å². The topological polar surface area (TPSA) is 29.5 Å². The molecule has 0 aromatic rings. The molecule has 1 heterocycles. The number of ether oxygens (including phenoxy) is 1. The van der Waals surface area contributed by atoms with Gasteiger partial charge in [-0.1, -0.05) is 6.92 Å². The van der Waals surface area contributed by atoms with Crippen molar-refractivity contribution < 1.29 is 9.53 Å². The van der Waals surface area contributed by atoms with Crippen molar-refractivity contribution in [3.8, 4) is 0 Å². The number of hydrogen-bond donors (Lipinski definition) is 0. The molecule has 0 spiro atoms. The van der Waals surface area contributed by atoms with Crippen molar-refractivity contribution in [1.29, 1.82) is 0 Å². The average Bonchev–Trinajstić information content (AvgIpc) is 2.52. The van der Waals surface area contributed by atoms with Crippen LogP contribution in [0.3, 0.4) is 0 Å². The summed E-state index contributed by atoms with van der Waals surface area (Å²) in [7, 11) is 1.43. The Morgan fingerprint density at radius 1 is 1.75 bits per heavy atom. The van der Waals surface area contributed by atoms with Crippen molar-refractivity contribution in [2.45, 2.75) is 18.6 Å². The highest BCUT2D eigenvalue weighted by Gasteiger charge is 2.26. The third-order valence-corrected chi connectivity index (χ3v) is 3.17. The fraction of sp³-hybridized carbons (Fsp3) is 0.875. The quantitative estimate of drug-likeness (QED) is 0.660. The molecule has 1 fully saturated rings. The summed E-state index contributed by atoms with van der Waals surface area (Å²) in [6, 6.07) is 0. The van der Waals surface area contributed by atoms with Crippen molar-refractivity contribution in [1.82, 2.24) is 4.90 Å². The Kier molecular flexibility index (Phi) is 3.72. The summed E-state index contributed by atoms with van der Waals surface area (Å²) in [6.45, 7) is 3.85. The van der Waals surface area contributed by atoms with Gasteiger partial charge in [0.15, 0.2) is 0 Å². The third-order valence-electron chi connectivity index (χ3n) is 1.98. The van der Waals surface area contributed by atoms with Crippen LogP contribution in [0.15, 0.2) is 0 Å². The monoisotopic (exact) mass is 189 g/mol. The molecule has 1 unspecified atom stereocenters. The summed E-state index contributed by atoms with van der Waals surface area (Å²) in [6.07, 6.45) is 0.919. The summed E-state index contributed by atoms with van der Waals surface area (Å²) in [5, 5.41) is 0.620. The Balaban J connectivity index is 2.30. The molecule has 0 N–H and O–H groups in total. The van der Waals surface area contributed by atoms with Gasteiger partial charge in [-0.05, 0) is 12.2 Å². The lowest BCUT2D eigenvalue weighted by molar-refractivity contribution is 0.133. The molecule has 0 aromatic carbocycles. The van der Waals surface area contributed by atoms with E-state index in [1.807, 2.05) is 11.8 Å². The lowest BCUT2D eigenvalue weighted by Gasteiger charge is -2.13. The second-order valence-corrected chi connectivity index (χ2v) is 4.36. The molecule has 1 aliphatic rings. The molecular formula is C8H15NO2S. The van der Waals surface area contributed by atoms with Crippen LogP contribution in [0.25, 0.3) is 0 Å². The van der Waals surface area contributed by atoms with E-state index in [0.717, 1.165) is 25.3 Å². The van der Waals surface area contributed by atoms with Gasteiger partial charge in [-0.25, -0.2) is 4.79 Å². The van der Waals surface area contributed by atoms with Crippen LogP contribution in [0.4, 0.5) is 4.79 Å². The maximum absolute atomic E-state index is 11.1. The van der Waals surface area contributed by atoms with Gasteiger partial charge in [-0.3, -0.25) is 0 Å². The molecule has 0 saturated carbocycles. The maximum Gasteiger partial charge on any atom is 0.409 e. The predicted molar refractivity (Wildman–Crippen MR) is 50.5 cm³/mol. The minimum Gasteiger partial charge on any atom is -0.453 e. The zero-order valence-electron chi connectivity index (χ0n) is 7.58. The molecule has 1 rings (SSSR count). The van der Waals surface area contributed by atoms with Crippen molar-refractivity contribution in [3.63, 3.8) is 0 Å². The molecule has 0 aliphatic carbocycles. The molecule has 0 radical (unpaired) electrons. The van der Waals surface area contributed by atoms with Crippen molar-refractivity contribution in [2.75, 3.05) is 26.0 Å². The summed E-state index contributed by atoms with van der Waals surface area (Å²) in [5.74, 6) is 1.12. The van der Waals surface area contributed by atoms with E-state index in [1.165, 1.54) is 7.11 Å². The van der Waals surface area contributed by atoms with Gasteiger partial charge in [0, 0.05) is 18.3 Å². The predicted octanol–water partition coefficient (Wildman–Crippen LogP) is 1.58. The van der Waals surface area contributed by atoms with Crippen LogP contribution in [-0.4, -0.2) is 42.2 Å². The summed E-state index contributed by atoms with van der Waals surface area (Å²) in [4.78, 5) is 12.8. The Labute approximate surface area is 77.4 Å². The smallest absolute Gasteiger partial charge is 0.409 e. The molecule has 1 aliphatic heterocycles. The van der Waals surface area contributed by atoms with E-state index in [-0.39, 0.29) is 6.09 Å². The van der Waals surface area contributed by atoms with Crippen LogP contribution in [0, 0.1) is 0 Å². The fourth-order valence-corrected chi connectivity index (χ4v) is 2.42. The highest BCUT2D eigenvalue weighted by molar-refractivity contribution is 7.99. The minimum absolute atomic E-state index is 0.186. The molecule has 12 heavy (non-hydrogen) atoms. The van der Waals surface area contributed by atoms with Crippen LogP contribution in [0.1, 0.15) is 13.3 Å². The number of likely N-dealkylation sites (tertiary alicyclic amines) is 1. The molecule has 4 heteroatoms. The lowest BCUT2D eigenvalue weighted by atomic mass is 10.4. The molecular weight excluding hydrogens is 174 g/mol. The Hall–Kier alpha value is -0.380. The van der Waals surface area contributed by atoms with Crippen LogP contribution < -0.4 is 0 Å². The first-order valence-corrected chi connectivity index (χ1v) is 5.27. The van der Waals surface area contributed by atoms with Crippen LogP contribution >= 0.6 is 11.8 Å². The van der Waals surface area contributed by atoms with E-state index >= 15 is 0 Å². The largest absolute Gasteiger partial charge is 0.453 e. The Bertz CT molecular complexity index is 163. The van der Waals surface area contributed by atoms with E-state index < -0.39 is 0 Å². The van der Waals surface area contributed by atoms with Gasteiger partial charge < -0.3 is 9.64 Å². The van der Waals surface area contributed by atoms with Gasteiger partial charge in [-0.2, -0.15) is 11.8 Å². The molecule has 1 amide bonds. The van der Waals surface area contributed by atoms with Gasteiger partial charge in [0.1, 0.15) is 0 Å². The minimum atomic E-state index is -0.186. The second kappa shape index (κ2) is 4.60. The van der Waals surface area contributed by atoms with E-state index in [2.05, 4.69) is 11.7 Å². The highest BCUT2D eigenvalue weighted by Crippen LogP contribution is 2.22. The standard InChI is InChI=1S/C8H15NO2S/c1-3-12-7-4-5-9(6-7)8(10)11-2/h7H,3-6H2,1-2H3. The molecule has 0 aromatic heterocycles. The number of amides is 1. The number of methoxy groups -OCH3 is 1. The Morgan fingerprint density at radius 2 is 2.50 bits per heavy atom. The number of carbonyl (C=O) groups is 1. The number of rotatable bonds is 2.